The highest BCUT2D eigenvalue weighted by Gasteiger charge is 2.61. The normalized spacial score (nSPS) is 48.7. The van der Waals surface area contributed by atoms with Gasteiger partial charge in [-0.2, -0.15) is 0 Å². The molecule has 4 rings (SSSR count). The van der Waals surface area contributed by atoms with Gasteiger partial charge in [0.25, 0.3) is 0 Å². The number of fused-ring (bicyclic) bond motifs is 5. The van der Waals surface area contributed by atoms with Gasteiger partial charge in [0.15, 0.2) is 0 Å². The molecule has 4 aliphatic rings. The third kappa shape index (κ3) is 3.52. The Kier molecular flexibility index (Phi) is 6.47. The summed E-state index contributed by atoms with van der Waals surface area (Å²) in [6.45, 7) is 18.2. The van der Waals surface area contributed by atoms with Gasteiger partial charge in [-0.25, -0.2) is 0 Å². The lowest BCUT2D eigenvalue weighted by molar-refractivity contribution is -0.0981. The van der Waals surface area contributed by atoms with Crippen LogP contribution in [-0.2, 0) is 0 Å². The zero-order chi connectivity index (χ0) is 21.8. The molecule has 1 nitrogen and oxygen atoms in total. The number of aliphatic hydroxyl groups excluding tert-OH is 1. The summed E-state index contributed by atoms with van der Waals surface area (Å²) in [5.41, 5.74) is 1.13. The highest BCUT2D eigenvalue weighted by Crippen LogP contribution is 2.69. The van der Waals surface area contributed by atoms with E-state index in [1.165, 1.54) is 57.8 Å². The molecule has 11 atom stereocenters. The highest BCUT2D eigenvalue weighted by atomic mass is 16.3. The van der Waals surface area contributed by atoms with Crippen molar-refractivity contribution in [2.24, 2.45) is 70.0 Å². The Balaban J connectivity index is 1.48. The van der Waals surface area contributed by atoms with Crippen LogP contribution in [0.4, 0.5) is 0 Å². The van der Waals surface area contributed by atoms with Crippen LogP contribution in [0.2, 0.25) is 0 Å². The van der Waals surface area contributed by atoms with Gasteiger partial charge in [-0.05, 0) is 128 Å². The number of aliphatic hydroxyl groups is 1. The second kappa shape index (κ2) is 8.39. The van der Waals surface area contributed by atoms with E-state index >= 15 is 0 Å². The van der Waals surface area contributed by atoms with Crippen LogP contribution < -0.4 is 0 Å². The van der Waals surface area contributed by atoms with Crippen molar-refractivity contribution in [3.05, 3.63) is 0 Å². The molecule has 0 aliphatic heterocycles. The minimum Gasteiger partial charge on any atom is -0.396 e. The molecule has 0 aromatic rings. The standard InChI is InChI=1S/C29H52O/c1-18(2)21(5)19(3)16-20(4)24-10-11-26-23-8-9-25-22(17-30)12-14-29(25,7)27(23)13-15-28(24,26)6/h18-27,30H,8-17H2,1-7H3/t19?,20-,21-,22-,23?,24?,25+,26?,27?,28-,29+/m1/s1. The fourth-order valence-electron chi connectivity index (χ4n) is 10.1. The Morgan fingerprint density at radius 1 is 0.767 bits per heavy atom. The maximum Gasteiger partial charge on any atom is 0.0462 e. The third-order valence-electron chi connectivity index (χ3n) is 12.3. The van der Waals surface area contributed by atoms with E-state index in [4.69, 9.17) is 0 Å². The zero-order valence-electron chi connectivity index (χ0n) is 21.3. The minimum atomic E-state index is 0.436. The maximum absolute atomic E-state index is 9.95. The number of rotatable bonds is 6. The van der Waals surface area contributed by atoms with Crippen molar-refractivity contribution < 1.29 is 5.11 Å². The number of hydrogen-bond acceptors (Lipinski definition) is 1. The van der Waals surface area contributed by atoms with E-state index in [1.54, 1.807) is 0 Å². The van der Waals surface area contributed by atoms with Crippen LogP contribution in [-0.4, -0.2) is 11.7 Å². The second-order valence-corrected chi connectivity index (χ2v) is 13.6. The van der Waals surface area contributed by atoms with Crippen molar-refractivity contribution in [3.8, 4) is 0 Å². The van der Waals surface area contributed by atoms with Crippen LogP contribution in [0.25, 0.3) is 0 Å². The quantitative estimate of drug-likeness (QED) is 0.468. The second-order valence-electron chi connectivity index (χ2n) is 13.6. The third-order valence-corrected chi connectivity index (χ3v) is 12.3. The fraction of sp³-hybridized carbons (Fsp3) is 1.00. The Hall–Kier alpha value is -0.0400. The molecular weight excluding hydrogens is 364 g/mol. The predicted octanol–water partition coefficient (Wildman–Crippen LogP) is 7.82. The fourth-order valence-corrected chi connectivity index (χ4v) is 10.1. The van der Waals surface area contributed by atoms with E-state index in [9.17, 15) is 5.11 Å². The van der Waals surface area contributed by atoms with Crippen molar-refractivity contribution in [1.29, 1.82) is 0 Å². The summed E-state index contributed by atoms with van der Waals surface area (Å²) in [6, 6.07) is 0. The van der Waals surface area contributed by atoms with E-state index in [0.29, 0.717) is 23.4 Å². The van der Waals surface area contributed by atoms with Gasteiger partial charge < -0.3 is 5.11 Å². The smallest absolute Gasteiger partial charge is 0.0462 e. The largest absolute Gasteiger partial charge is 0.396 e. The zero-order valence-corrected chi connectivity index (χ0v) is 21.3. The molecule has 0 aromatic heterocycles. The van der Waals surface area contributed by atoms with Crippen LogP contribution in [0.1, 0.15) is 106 Å². The molecule has 0 saturated heterocycles. The maximum atomic E-state index is 9.95. The summed E-state index contributed by atoms with van der Waals surface area (Å²) in [5, 5.41) is 9.95. The van der Waals surface area contributed by atoms with Gasteiger partial charge in [-0.1, -0.05) is 48.5 Å². The molecule has 5 unspecified atom stereocenters. The minimum absolute atomic E-state index is 0.436. The van der Waals surface area contributed by atoms with Crippen molar-refractivity contribution in [3.63, 3.8) is 0 Å². The molecule has 1 heteroatoms. The average molecular weight is 417 g/mol. The van der Waals surface area contributed by atoms with Crippen molar-refractivity contribution >= 4 is 0 Å². The lowest BCUT2D eigenvalue weighted by atomic mass is 9.46. The summed E-state index contributed by atoms with van der Waals surface area (Å²) < 4.78 is 0. The van der Waals surface area contributed by atoms with E-state index in [2.05, 4.69) is 48.5 Å². The van der Waals surface area contributed by atoms with E-state index < -0.39 is 0 Å². The molecule has 0 bridgehead atoms. The molecule has 0 spiro atoms. The van der Waals surface area contributed by atoms with Crippen LogP contribution in [0.3, 0.4) is 0 Å². The summed E-state index contributed by atoms with van der Waals surface area (Å²) in [6.07, 6.45) is 12.9. The summed E-state index contributed by atoms with van der Waals surface area (Å²) in [7, 11) is 0. The van der Waals surface area contributed by atoms with Crippen molar-refractivity contribution in [1.82, 2.24) is 0 Å². The first-order valence-corrected chi connectivity index (χ1v) is 13.7. The highest BCUT2D eigenvalue weighted by molar-refractivity contribution is 5.11. The van der Waals surface area contributed by atoms with Gasteiger partial charge >= 0.3 is 0 Å². The van der Waals surface area contributed by atoms with Crippen LogP contribution in [0.15, 0.2) is 0 Å². The first kappa shape index (κ1) is 23.1. The summed E-state index contributed by atoms with van der Waals surface area (Å²) >= 11 is 0. The Morgan fingerprint density at radius 3 is 2.07 bits per heavy atom. The molecule has 1 N–H and O–H groups in total. The van der Waals surface area contributed by atoms with Crippen LogP contribution >= 0.6 is 0 Å². The first-order valence-electron chi connectivity index (χ1n) is 13.7. The molecule has 30 heavy (non-hydrogen) atoms. The average Bonchev–Trinajstić information content (AvgIpc) is 3.23. The van der Waals surface area contributed by atoms with Gasteiger partial charge in [-0.15, -0.1) is 0 Å². The Morgan fingerprint density at radius 2 is 1.40 bits per heavy atom. The molecule has 0 radical (unpaired) electrons. The Bertz CT molecular complexity index is 597. The number of hydrogen-bond donors (Lipinski definition) is 1. The van der Waals surface area contributed by atoms with E-state index in [0.717, 1.165) is 53.3 Å². The first-order chi connectivity index (χ1) is 14.1. The van der Waals surface area contributed by atoms with Crippen LogP contribution in [0, 0.1) is 70.0 Å². The monoisotopic (exact) mass is 416 g/mol. The van der Waals surface area contributed by atoms with Gasteiger partial charge in [0.2, 0.25) is 0 Å². The summed E-state index contributed by atoms with van der Waals surface area (Å²) in [4.78, 5) is 0. The Labute approximate surface area is 188 Å². The van der Waals surface area contributed by atoms with E-state index in [1.807, 2.05) is 0 Å². The molecule has 4 fully saturated rings. The topological polar surface area (TPSA) is 20.2 Å². The van der Waals surface area contributed by atoms with Gasteiger partial charge in [0, 0.05) is 6.61 Å². The lowest BCUT2D eigenvalue weighted by Gasteiger charge is -2.58. The molecule has 0 heterocycles. The molecule has 4 aliphatic carbocycles. The van der Waals surface area contributed by atoms with Gasteiger partial charge in [0.05, 0.1) is 0 Å². The van der Waals surface area contributed by atoms with Crippen molar-refractivity contribution in [2.75, 3.05) is 6.61 Å². The van der Waals surface area contributed by atoms with Gasteiger partial charge in [0.1, 0.15) is 0 Å². The predicted molar refractivity (Wildman–Crippen MR) is 128 cm³/mol. The molecule has 0 aromatic carbocycles. The van der Waals surface area contributed by atoms with Gasteiger partial charge in [-0.3, -0.25) is 0 Å². The lowest BCUT2D eigenvalue weighted by Crippen LogP contribution is -2.51. The molecule has 0 amide bonds. The molecule has 4 saturated carbocycles. The molecule has 174 valence electrons. The van der Waals surface area contributed by atoms with E-state index in [-0.39, 0.29) is 0 Å². The van der Waals surface area contributed by atoms with Crippen molar-refractivity contribution in [2.45, 2.75) is 106 Å². The summed E-state index contributed by atoms with van der Waals surface area (Å²) in [5.74, 6) is 8.63. The van der Waals surface area contributed by atoms with Crippen LogP contribution in [0.5, 0.6) is 0 Å². The SMILES string of the molecule is CC(C)[C@@H](C)C(C)C[C@@H](C)C1CCC2C3CC[C@H]4[C@@H](CO)CC[C@]4(C)C3CC[C@@]21C. The molecular formula is C29H52O.